The fraction of sp³-hybridized carbons (Fsp3) is 0.429. The van der Waals surface area contributed by atoms with E-state index in [9.17, 15) is 19.2 Å². The molecule has 1 aromatic heterocycles. The Kier molecular flexibility index (Phi) is 9.07. The minimum Gasteiger partial charge on any atom is -0.477 e. The Bertz CT molecular complexity index is 1340. The van der Waals surface area contributed by atoms with Crippen LogP contribution in [0.4, 0.5) is 14.6 Å². The van der Waals surface area contributed by atoms with Gasteiger partial charge in [0, 0.05) is 61.8 Å². The minimum atomic E-state index is -1.30. The van der Waals surface area contributed by atoms with E-state index in [1.807, 2.05) is 47.6 Å². The number of pyridine rings is 1. The Hall–Kier alpha value is -2.95. The van der Waals surface area contributed by atoms with Gasteiger partial charge in [-0.15, -0.1) is 4.48 Å². The van der Waals surface area contributed by atoms with Crippen LogP contribution in [0.3, 0.4) is 0 Å². The van der Waals surface area contributed by atoms with Gasteiger partial charge >= 0.3 is 5.97 Å². The summed E-state index contributed by atoms with van der Waals surface area (Å²) in [4.78, 5) is 29.4. The molecule has 0 amide bonds. The summed E-state index contributed by atoms with van der Waals surface area (Å²) in [7, 11) is 0. The summed E-state index contributed by atoms with van der Waals surface area (Å²) in [6.45, 7) is 9.58. The highest BCUT2D eigenvalue weighted by atomic mass is 32.2. The quantitative estimate of drug-likeness (QED) is 0.287. The normalized spacial score (nSPS) is 16.0. The summed E-state index contributed by atoms with van der Waals surface area (Å²) < 4.78 is 31.1. The first-order valence-electron chi connectivity index (χ1n) is 13.1. The molecule has 2 aromatic carbocycles. The Balaban J connectivity index is 0.00000164. The van der Waals surface area contributed by atoms with Gasteiger partial charge in [0.15, 0.2) is 0 Å². The van der Waals surface area contributed by atoms with Gasteiger partial charge in [0.25, 0.3) is 0 Å². The molecule has 204 valence electrons. The summed E-state index contributed by atoms with van der Waals surface area (Å²) in [6.07, 6.45) is 3.22. The number of anilines is 1. The number of hydrogen-bond acceptors (Lipinski definition) is 6. The lowest BCUT2D eigenvalue weighted by atomic mass is 10.1. The van der Waals surface area contributed by atoms with Crippen LogP contribution in [0.1, 0.15) is 55.6 Å². The Morgan fingerprint density at radius 3 is 2.34 bits per heavy atom. The molecule has 0 atom stereocenters. The van der Waals surface area contributed by atoms with Gasteiger partial charge < -0.3 is 14.6 Å². The highest BCUT2D eigenvalue weighted by Crippen LogP contribution is 2.38. The number of carboxylic acids is 1. The van der Waals surface area contributed by atoms with E-state index in [1.54, 1.807) is 13.0 Å². The number of aromatic carboxylic acids is 1. The molecule has 1 aliphatic heterocycles. The van der Waals surface area contributed by atoms with E-state index in [4.69, 9.17) is 0 Å². The van der Waals surface area contributed by atoms with Crippen molar-refractivity contribution in [3.8, 4) is 0 Å². The fourth-order valence-electron chi connectivity index (χ4n) is 4.65. The molecule has 2 heterocycles. The van der Waals surface area contributed by atoms with Crippen LogP contribution in [0.15, 0.2) is 52.3 Å². The molecule has 1 aliphatic carbocycles. The standard InChI is InChI=1S/C26H28F2N4O3S.C2H6/c1-2-32(28)36-19-7-3-17(4-8-19)15-29-9-11-30(12-10-29)24-14-23-20(13-22(24)27)25(33)21(26(34)35)16-31(23)18-5-6-18;1-2/h3-4,7-8,13-14,16,18H,2,5-6,9-12,15H2,1H3,(H,34,35);1-2H3. The molecular formula is C28H34F2N4O3S. The SMILES string of the molecule is CC.CCN(F)Sc1ccc(CN2CCN(c3cc4c(cc3F)c(=O)c(C(=O)O)cn4C3CC3)CC2)cc1. The lowest BCUT2D eigenvalue weighted by Crippen LogP contribution is -2.46. The Morgan fingerprint density at radius 2 is 1.76 bits per heavy atom. The zero-order chi connectivity index (χ0) is 27.4. The van der Waals surface area contributed by atoms with Crippen LogP contribution < -0.4 is 10.3 Å². The van der Waals surface area contributed by atoms with E-state index in [0.717, 1.165) is 54.9 Å². The highest BCUT2D eigenvalue weighted by Gasteiger charge is 2.28. The maximum atomic E-state index is 15.2. The molecule has 1 N–H and O–H groups in total. The topological polar surface area (TPSA) is 69.0 Å². The zero-order valence-electron chi connectivity index (χ0n) is 22.0. The van der Waals surface area contributed by atoms with E-state index in [1.165, 1.54) is 12.3 Å². The number of benzene rings is 2. The zero-order valence-corrected chi connectivity index (χ0v) is 22.8. The smallest absolute Gasteiger partial charge is 0.341 e. The van der Waals surface area contributed by atoms with E-state index in [-0.39, 0.29) is 17.0 Å². The van der Waals surface area contributed by atoms with Crippen molar-refractivity contribution in [2.75, 3.05) is 37.6 Å². The molecule has 0 unspecified atom stereocenters. The molecule has 3 aromatic rings. The number of halogens is 2. The van der Waals surface area contributed by atoms with Crippen LogP contribution in [-0.4, -0.2) is 57.8 Å². The number of aromatic nitrogens is 1. The lowest BCUT2D eigenvalue weighted by Gasteiger charge is -2.36. The number of piperazine rings is 1. The summed E-state index contributed by atoms with van der Waals surface area (Å²) in [6, 6.07) is 10.9. The third-order valence-electron chi connectivity index (χ3n) is 6.77. The maximum absolute atomic E-state index is 15.2. The van der Waals surface area contributed by atoms with Crippen LogP contribution in [0.2, 0.25) is 0 Å². The van der Waals surface area contributed by atoms with Crippen molar-refractivity contribution < 1.29 is 18.8 Å². The summed E-state index contributed by atoms with van der Waals surface area (Å²) in [5.41, 5.74) is 1.18. The van der Waals surface area contributed by atoms with Gasteiger partial charge in [-0.2, -0.15) is 0 Å². The molecule has 0 bridgehead atoms. The lowest BCUT2D eigenvalue weighted by molar-refractivity contribution is 0.0695. The van der Waals surface area contributed by atoms with Gasteiger partial charge in [-0.1, -0.05) is 30.5 Å². The number of carboxylic acid groups (broad SMARTS) is 1. The Labute approximate surface area is 225 Å². The first kappa shape index (κ1) is 28.1. The first-order chi connectivity index (χ1) is 18.3. The van der Waals surface area contributed by atoms with Gasteiger partial charge in [-0.3, -0.25) is 9.69 Å². The van der Waals surface area contributed by atoms with Gasteiger partial charge in [0.05, 0.1) is 11.2 Å². The van der Waals surface area contributed by atoms with Crippen LogP contribution >= 0.6 is 11.9 Å². The van der Waals surface area contributed by atoms with E-state index in [0.29, 0.717) is 35.4 Å². The second kappa shape index (κ2) is 12.3. The average molecular weight is 545 g/mol. The van der Waals surface area contributed by atoms with E-state index >= 15 is 4.39 Å². The molecular weight excluding hydrogens is 510 g/mol. The predicted molar refractivity (Wildman–Crippen MR) is 148 cm³/mol. The second-order valence-corrected chi connectivity index (χ2v) is 10.3. The van der Waals surface area contributed by atoms with Crippen molar-refractivity contribution >= 4 is 34.5 Å². The molecule has 10 heteroatoms. The largest absolute Gasteiger partial charge is 0.477 e. The number of carbonyl (C=O) groups is 1. The number of hydrogen-bond donors (Lipinski definition) is 1. The number of nitrogens with zero attached hydrogens (tertiary/aromatic N) is 4. The number of rotatable bonds is 8. The van der Waals surface area contributed by atoms with Gasteiger partial charge in [0.2, 0.25) is 5.43 Å². The highest BCUT2D eigenvalue weighted by molar-refractivity contribution is 7.96. The molecule has 0 spiro atoms. The van der Waals surface area contributed by atoms with Crippen molar-refractivity contribution in [2.45, 2.75) is 51.1 Å². The second-order valence-electron chi connectivity index (χ2n) is 9.27. The van der Waals surface area contributed by atoms with Crippen molar-refractivity contribution in [3.63, 3.8) is 0 Å². The van der Waals surface area contributed by atoms with Gasteiger partial charge in [0.1, 0.15) is 11.4 Å². The molecule has 7 nitrogen and oxygen atoms in total. The maximum Gasteiger partial charge on any atom is 0.341 e. The summed E-state index contributed by atoms with van der Waals surface area (Å²) >= 11 is 1.07. The fourth-order valence-corrected chi connectivity index (χ4v) is 5.26. The molecule has 2 aliphatic rings. The predicted octanol–water partition coefficient (Wildman–Crippen LogP) is 5.74. The van der Waals surface area contributed by atoms with Crippen molar-refractivity contribution in [3.05, 3.63) is 69.8 Å². The summed E-state index contributed by atoms with van der Waals surface area (Å²) in [5, 5.41) is 9.54. The third kappa shape index (κ3) is 6.19. The van der Waals surface area contributed by atoms with E-state index in [2.05, 4.69) is 4.90 Å². The monoisotopic (exact) mass is 544 g/mol. The van der Waals surface area contributed by atoms with E-state index < -0.39 is 17.2 Å². The van der Waals surface area contributed by atoms with Gasteiger partial charge in [-0.05, 0) is 61.5 Å². The Morgan fingerprint density at radius 1 is 1.11 bits per heavy atom. The van der Waals surface area contributed by atoms with Crippen LogP contribution in [0, 0.1) is 5.82 Å². The van der Waals surface area contributed by atoms with Crippen molar-refractivity contribution in [2.24, 2.45) is 0 Å². The van der Waals surface area contributed by atoms with Crippen molar-refractivity contribution in [1.29, 1.82) is 0 Å². The molecule has 0 radical (unpaired) electrons. The third-order valence-corrected chi connectivity index (χ3v) is 7.71. The average Bonchev–Trinajstić information content (AvgIpc) is 3.77. The van der Waals surface area contributed by atoms with Crippen LogP contribution in [0.5, 0.6) is 0 Å². The molecule has 1 saturated heterocycles. The molecule has 2 fully saturated rings. The molecule has 38 heavy (non-hydrogen) atoms. The first-order valence-corrected chi connectivity index (χ1v) is 13.9. The van der Waals surface area contributed by atoms with Gasteiger partial charge in [-0.25, -0.2) is 9.18 Å². The molecule has 5 rings (SSSR count). The summed E-state index contributed by atoms with van der Waals surface area (Å²) in [5.74, 6) is -1.81. The minimum absolute atomic E-state index is 0.109. The number of fused-ring (bicyclic) bond motifs is 1. The van der Waals surface area contributed by atoms with Crippen LogP contribution in [-0.2, 0) is 6.54 Å². The molecule has 1 saturated carbocycles. The van der Waals surface area contributed by atoms with Crippen molar-refractivity contribution in [1.82, 2.24) is 14.0 Å². The van der Waals surface area contributed by atoms with Crippen LogP contribution in [0.25, 0.3) is 10.9 Å².